The monoisotopic (exact) mass is 286 g/mol. The third-order valence-corrected chi connectivity index (χ3v) is 3.43. The number of benzene rings is 2. The van der Waals surface area contributed by atoms with Gasteiger partial charge in [-0.1, -0.05) is 24.3 Å². The maximum atomic E-state index is 11.2. The molecule has 2 aromatic carbocycles. The number of phenols is 2. The van der Waals surface area contributed by atoms with Crippen LogP contribution in [-0.2, 0) is 16.0 Å². The molecule has 0 spiro atoms. The van der Waals surface area contributed by atoms with Gasteiger partial charge in [0.2, 0.25) is 0 Å². The minimum absolute atomic E-state index is 0.0951. The quantitative estimate of drug-likeness (QED) is 0.847. The minimum atomic E-state index is -0.275. The van der Waals surface area contributed by atoms with Gasteiger partial charge in [0.25, 0.3) is 0 Å². The van der Waals surface area contributed by atoms with Crippen LogP contribution in [0.4, 0.5) is 0 Å². The van der Waals surface area contributed by atoms with Crippen molar-refractivity contribution < 1.29 is 19.7 Å². The summed E-state index contributed by atoms with van der Waals surface area (Å²) >= 11 is 0. The van der Waals surface area contributed by atoms with Gasteiger partial charge in [0.1, 0.15) is 11.5 Å². The normalized spacial score (nSPS) is 10.4. The van der Waals surface area contributed by atoms with E-state index in [2.05, 4.69) is 4.74 Å². The number of phenolic OH excluding ortho intramolecular Hbond substituents is 2. The molecule has 0 saturated heterocycles. The molecule has 0 radical (unpaired) electrons. The van der Waals surface area contributed by atoms with Gasteiger partial charge in [0, 0.05) is 17.5 Å². The molecule has 4 heteroatoms. The Labute approximate surface area is 123 Å². The first-order valence-corrected chi connectivity index (χ1v) is 6.70. The van der Waals surface area contributed by atoms with Gasteiger partial charge in [0.05, 0.1) is 7.11 Å². The number of esters is 1. The molecule has 0 fully saturated rings. The Morgan fingerprint density at radius 1 is 1.14 bits per heavy atom. The number of aryl methyl sites for hydroxylation is 2. The maximum Gasteiger partial charge on any atom is 0.305 e. The van der Waals surface area contributed by atoms with Crippen molar-refractivity contribution in [1.29, 1.82) is 0 Å². The number of carbonyl (C=O) groups is 1. The molecule has 0 amide bonds. The van der Waals surface area contributed by atoms with E-state index in [1.54, 1.807) is 37.3 Å². The molecule has 2 aromatic rings. The lowest BCUT2D eigenvalue weighted by molar-refractivity contribution is -0.140. The maximum absolute atomic E-state index is 11.2. The van der Waals surface area contributed by atoms with Gasteiger partial charge in [-0.05, 0) is 36.6 Å². The minimum Gasteiger partial charge on any atom is -0.507 e. The molecule has 0 bridgehead atoms. The number of hydrogen-bond acceptors (Lipinski definition) is 4. The number of ether oxygens (including phenoxy) is 1. The molecule has 21 heavy (non-hydrogen) atoms. The Morgan fingerprint density at radius 2 is 1.90 bits per heavy atom. The summed E-state index contributed by atoms with van der Waals surface area (Å²) in [5, 5.41) is 20.2. The molecular weight excluding hydrogens is 268 g/mol. The molecule has 0 aliphatic heterocycles. The second-order valence-corrected chi connectivity index (χ2v) is 4.90. The van der Waals surface area contributed by atoms with Crippen molar-refractivity contribution in [1.82, 2.24) is 0 Å². The van der Waals surface area contributed by atoms with Gasteiger partial charge in [-0.25, -0.2) is 0 Å². The summed E-state index contributed by atoms with van der Waals surface area (Å²) in [5.74, 6) is -0.0290. The van der Waals surface area contributed by atoms with Gasteiger partial charge < -0.3 is 14.9 Å². The summed E-state index contributed by atoms with van der Waals surface area (Å²) in [6.07, 6.45) is 0.799. The lowest BCUT2D eigenvalue weighted by Crippen LogP contribution is -2.01. The van der Waals surface area contributed by atoms with E-state index in [1.165, 1.54) is 7.11 Å². The van der Waals surface area contributed by atoms with E-state index >= 15 is 0 Å². The van der Waals surface area contributed by atoms with Crippen LogP contribution < -0.4 is 0 Å². The fourth-order valence-corrected chi connectivity index (χ4v) is 2.18. The summed E-state index contributed by atoms with van der Waals surface area (Å²) < 4.78 is 4.62. The third kappa shape index (κ3) is 3.34. The van der Waals surface area contributed by atoms with Crippen LogP contribution in [0.5, 0.6) is 11.5 Å². The zero-order chi connectivity index (χ0) is 15.4. The van der Waals surface area contributed by atoms with Crippen molar-refractivity contribution >= 4 is 5.97 Å². The lowest BCUT2D eigenvalue weighted by atomic mass is 9.97. The number of carbonyl (C=O) groups excluding carboxylic acids is 1. The van der Waals surface area contributed by atoms with E-state index in [1.807, 2.05) is 6.07 Å². The van der Waals surface area contributed by atoms with Crippen LogP contribution in [0.2, 0.25) is 0 Å². The summed E-state index contributed by atoms with van der Waals surface area (Å²) in [5.41, 5.74) is 2.77. The number of aromatic hydroxyl groups is 2. The first-order chi connectivity index (χ1) is 10.0. The van der Waals surface area contributed by atoms with Crippen molar-refractivity contribution in [2.75, 3.05) is 7.11 Å². The van der Waals surface area contributed by atoms with Crippen LogP contribution >= 0.6 is 0 Å². The zero-order valence-electron chi connectivity index (χ0n) is 12.1. The van der Waals surface area contributed by atoms with E-state index in [0.29, 0.717) is 17.5 Å². The zero-order valence-corrected chi connectivity index (χ0v) is 12.1. The highest BCUT2D eigenvalue weighted by atomic mass is 16.5. The second kappa shape index (κ2) is 6.31. The molecule has 2 rings (SSSR count). The van der Waals surface area contributed by atoms with Crippen LogP contribution in [0.25, 0.3) is 11.1 Å². The van der Waals surface area contributed by atoms with Gasteiger partial charge in [0.15, 0.2) is 0 Å². The van der Waals surface area contributed by atoms with Crippen molar-refractivity contribution in [3.63, 3.8) is 0 Å². The van der Waals surface area contributed by atoms with Crippen molar-refractivity contribution in [2.45, 2.75) is 19.8 Å². The van der Waals surface area contributed by atoms with Gasteiger partial charge >= 0.3 is 5.97 Å². The molecule has 0 atom stereocenters. The molecule has 4 nitrogen and oxygen atoms in total. The highest BCUT2D eigenvalue weighted by Gasteiger charge is 2.12. The SMILES string of the molecule is COC(=O)CCc1ccc(O)c(-c2cccc(C)c2O)c1. The topological polar surface area (TPSA) is 66.8 Å². The Kier molecular flexibility index (Phi) is 4.48. The van der Waals surface area contributed by atoms with E-state index < -0.39 is 0 Å². The van der Waals surface area contributed by atoms with Crippen LogP contribution in [0.3, 0.4) is 0 Å². The smallest absolute Gasteiger partial charge is 0.305 e. The summed E-state index contributed by atoms with van der Waals surface area (Å²) in [4.78, 5) is 11.2. The number of hydrogen-bond donors (Lipinski definition) is 2. The van der Waals surface area contributed by atoms with Crippen molar-refractivity contribution in [3.8, 4) is 22.6 Å². The highest BCUT2D eigenvalue weighted by Crippen LogP contribution is 2.37. The van der Waals surface area contributed by atoms with Gasteiger partial charge in [-0.2, -0.15) is 0 Å². The van der Waals surface area contributed by atoms with Gasteiger partial charge in [-0.15, -0.1) is 0 Å². The summed E-state index contributed by atoms with van der Waals surface area (Å²) in [6, 6.07) is 10.5. The first-order valence-electron chi connectivity index (χ1n) is 6.70. The summed E-state index contributed by atoms with van der Waals surface area (Å²) in [7, 11) is 1.36. The van der Waals surface area contributed by atoms with Crippen molar-refractivity contribution in [2.24, 2.45) is 0 Å². The molecule has 0 aliphatic carbocycles. The molecular formula is C17H18O4. The molecule has 0 heterocycles. The molecule has 0 aromatic heterocycles. The van der Waals surface area contributed by atoms with Crippen LogP contribution in [-0.4, -0.2) is 23.3 Å². The third-order valence-electron chi connectivity index (χ3n) is 3.43. The Hall–Kier alpha value is -2.49. The number of para-hydroxylation sites is 1. The average molecular weight is 286 g/mol. The molecule has 0 unspecified atom stereocenters. The van der Waals surface area contributed by atoms with E-state index in [9.17, 15) is 15.0 Å². The number of rotatable bonds is 4. The highest BCUT2D eigenvalue weighted by molar-refractivity contribution is 5.77. The largest absolute Gasteiger partial charge is 0.507 e. The average Bonchev–Trinajstić information content (AvgIpc) is 2.49. The van der Waals surface area contributed by atoms with E-state index in [0.717, 1.165) is 11.1 Å². The van der Waals surface area contributed by atoms with Crippen molar-refractivity contribution in [3.05, 3.63) is 47.5 Å². The Balaban J connectivity index is 2.35. The van der Waals surface area contributed by atoms with Crippen LogP contribution in [0.1, 0.15) is 17.5 Å². The van der Waals surface area contributed by atoms with Gasteiger partial charge in [-0.3, -0.25) is 4.79 Å². The number of methoxy groups -OCH3 is 1. The Morgan fingerprint density at radius 3 is 2.62 bits per heavy atom. The fourth-order valence-electron chi connectivity index (χ4n) is 2.18. The summed E-state index contributed by atoms with van der Waals surface area (Å²) in [6.45, 7) is 1.80. The molecule has 0 saturated carbocycles. The Bertz CT molecular complexity index is 662. The second-order valence-electron chi connectivity index (χ2n) is 4.90. The predicted molar refractivity (Wildman–Crippen MR) is 80.3 cm³/mol. The van der Waals surface area contributed by atoms with Crippen LogP contribution in [0.15, 0.2) is 36.4 Å². The first kappa shape index (κ1) is 14.9. The van der Waals surface area contributed by atoms with Crippen LogP contribution in [0, 0.1) is 6.92 Å². The van der Waals surface area contributed by atoms with E-state index in [-0.39, 0.29) is 23.9 Å². The van der Waals surface area contributed by atoms with E-state index in [4.69, 9.17) is 0 Å². The lowest BCUT2D eigenvalue weighted by Gasteiger charge is -2.11. The molecule has 0 aliphatic rings. The predicted octanol–water partition coefficient (Wildman–Crippen LogP) is 3.18. The fraction of sp³-hybridized carbons (Fsp3) is 0.235. The molecule has 110 valence electrons. The molecule has 2 N–H and O–H groups in total. The standard InChI is InChI=1S/C17H18O4/c1-11-4-3-5-13(17(11)20)14-10-12(6-8-15(14)18)7-9-16(19)21-2/h3-6,8,10,18,20H,7,9H2,1-2H3.